The molecule has 4 aliphatic rings. The Kier molecular flexibility index (Phi) is 33.2. The first-order chi connectivity index (χ1) is 55.5. The summed E-state index contributed by atoms with van der Waals surface area (Å²) in [6.07, 6.45) is 13.4. The molecular formula is C89H117N9O14S4. The number of para-hydroxylation sites is 4. The zero-order valence-electron chi connectivity index (χ0n) is 69.0. The summed E-state index contributed by atoms with van der Waals surface area (Å²) in [4.78, 5) is 35.1. The van der Waals surface area contributed by atoms with Crippen molar-refractivity contribution in [2.24, 2.45) is 5.73 Å². The quantitative estimate of drug-likeness (QED) is 0.0199. The molecule has 4 unspecified atom stereocenters. The van der Waals surface area contributed by atoms with Crippen LogP contribution in [0.1, 0.15) is 208 Å². The molecule has 0 saturated carbocycles. The number of esters is 2. The maximum atomic E-state index is 13.3. The number of amides is 1. The van der Waals surface area contributed by atoms with Crippen molar-refractivity contribution in [3.63, 3.8) is 0 Å². The smallest absolute Gasteiger partial charge is 0.305 e. The lowest BCUT2D eigenvalue weighted by Gasteiger charge is -2.24. The van der Waals surface area contributed by atoms with Gasteiger partial charge in [0.15, 0.2) is 0 Å². The Hall–Kier alpha value is -9.03. The van der Waals surface area contributed by atoms with Crippen molar-refractivity contribution in [3.8, 4) is 0 Å². The number of nitrogens with two attached hydrogens (primary N) is 1. The fraction of sp³-hybridized carbons (Fsp3) is 0.427. The molecule has 6 N–H and O–H groups in total. The number of nitrogens with zero attached hydrogens (tertiary/aromatic N) is 4. The molecule has 12 rings (SSSR count). The maximum Gasteiger partial charge on any atom is 0.305 e. The number of primary amides is 1. The van der Waals surface area contributed by atoms with Crippen molar-refractivity contribution in [2.45, 2.75) is 188 Å². The summed E-state index contributed by atoms with van der Waals surface area (Å²) in [5, 5.41) is 14.3. The van der Waals surface area contributed by atoms with Gasteiger partial charge in [-0.15, -0.1) is 0 Å². The minimum Gasteiger partial charge on any atom is -0.466 e. The van der Waals surface area contributed by atoms with Gasteiger partial charge in [0.1, 0.15) is 0 Å². The zero-order chi connectivity index (χ0) is 83.9. The molecular weight excluding hydrogens is 1550 g/mol. The number of carbonyl (C=O) groups excluding carboxylic acids is 3. The van der Waals surface area contributed by atoms with Crippen molar-refractivity contribution in [2.75, 3.05) is 98.5 Å². The predicted octanol–water partition coefficient (Wildman–Crippen LogP) is 14.7. The first-order valence-electron chi connectivity index (χ1n) is 40.3. The van der Waals surface area contributed by atoms with E-state index in [0.29, 0.717) is 70.0 Å². The van der Waals surface area contributed by atoms with Crippen molar-refractivity contribution in [1.82, 2.24) is 21.3 Å². The molecule has 27 heteroatoms. The fourth-order valence-electron chi connectivity index (χ4n) is 15.4. The number of benzene rings is 8. The number of nitrogens with one attached hydrogen (secondary N) is 4. The molecule has 0 saturated heterocycles. The van der Waals surface area contributed by atoms with Crippen LogP contribution in [0.25, 0.3) is 0 Å². The van der Waals surface area contributed by atoms with E-state index in [9.17, 15) is 48.1 Å². The second-order valence-electron chi connectivity index (χ2n) is 29.7. The predicted molar refractivity (Wildman–Crippen MR) is 460 cm³/mol. The number of aryl methyl sites for hydroxylation is 4. The summed E-state index contributed by atoms with van der Waals surface area (Å²) in [7, 11) is -6.31. The lowest BCUT2D eigenvalue weighted by molar-refractivity contribution is -0.144. The molecule has 0 aromatic heterocycles. The van der Waals surface area contributed by atoms with Gasteiger partial charge in [-0.05, 0) is 216 Å². The van der Waals surface area contributed by atoms with Crippen LogP contribution >= 0.6 is 0 Å². The van der Waals surface area contributed by atoms with Crippen LogP contribution in [0.3, 0.4) is 0 Å². The molecule has 8 aromatic rings. The number of fused-ring (bicyclic) bond motifs is 8. The van der Waals surface area contributed by atoms with Crippen LogP contribution in [0.4, 0.5) is 22.7 Å². The standard InChI is InChI=1S/2C24H32N2O4S.C22H29N3O3S.C19H24N2O3S/c1-4-30-22(27)16-7-5-6-10-17-25-23-19-13-8-9-15-21(19)31(28,29)26(3)24-18(2)12-11-14-20(23)24;1-4-30-23(27)13-7-5-6-10-16-25-24-19-11-8-9-12-21(19)26(3)31(28,29)22-17-18(2)14-15-20(22)24;1-16-12-13-18-20(15-16)29(27,28)25(2)19-10-7-6-9-17(19)22(18)24-14-8-4-3-5-11-21(23)26;1-14-8-6-10-16-18(20-12-7-13-24-3)15-9-4-5-11-17(15)25(22,23)21(2)19(14)16/h8-9,11-15,23,25H,4-7,10,16-17H2,1-3H3;8-9,11-12,14-15,17,24-25H,4-7,10,13,16H2,1-3H3;6-7,9-10,12-13,15,22,24H,3-5,8,11,14H2,1-2H3,(H2,23,26);4-6,8-11,18,20H,7,12-13H2,1-3H3. The number of anilines is 4. The highest BCUT2D eigenvalue weighted by atomic mass is 32.2. The molecule has 0 aliphatic carbocycles. The molecule has 8 aromatic carbocycles. The topological polar surface area (TPSA) is 303 Å². The largest absolute Gasteiger partial charge is 0.466 e. The second kappa shape index (κ2) is 42.4. The Labute approximate surface area is 688 Å². The van der Waals surface area contributed by atoms with E-state index in [1.54, 1.807) is 71.7 Å². The van der Waals surface area contributed by atoms with E-state index in [0.717, 1.165) is 188 Å². The third-order valence-corrected chi connectivity index (χ3v) is 28.7. The third kappa shape index (κ3) is 22.0. The molecule has 0 fully saturated rings. The Bertz CT molecular complexity index is 5160. The highest BCUT2D eigenvalue weighted by molar-refractivity contribution is 7.93. The van der Waals surface area contributed by atoms with Crippen LogP contribution in [0.5, 0.6) is 0 Å². The molecule has 116 heavy (non-hydrogen) atoms. The zero-order valence-corrected chi connectivity index (χ0v) is 72.2. The van der Waals surface area contributed by atoms with Crippen LogP contribution in [-0.4, -0.2) is 133 Å². The van der Waals surface area contributed by atoms with E-state index >= 15 is 0 Å². The lowest BCUT2D eigenvalue weighted by Crippen LogP contribution is -2.27. The highest BCUT2D eigenvalue weighted by Gasteiger charge is 2.40. The van der Waals surface area contributed by atoms with E-state index in [1.165, 1.54) is 17.2 Å². The third-order valence-electron chi connectivity index (χ3n) is 21.4. The van der Waals surface area contributed by atoms with Crippen LogP contribution < -0.4 is 44.2 Å². The summed E-state index contributed by atoms with van der Waals surface area (Å²) in [6, 6.07) is 52.2. The van der Waals surface area contributed by atoms with Gasteiger partial charge >= 0.3 is 11.9 Å². The van der Waals surface area contributed by atoms with Gasteiger partial charge < -0.3 is 41.2 Å². The van der Waals surface area contributed by atoms with Gasteiger partial charge in [0, 0.05) is 61.2 Å². The minimum atomic E-state index is -3.63. The number of hydrogen-bond donors (Lipinski definition) is 5. The molecule has 4 heterocycles. The van der Waals surface area contributed by atoms with Crippen LogP contribution in [-0.2, 0) is 68.7 Å². The number of unbranched alkanes of at least 4 members (excludes halogenated alkanes) is 9. The molecule has 0 radical (unpaired) electrons. The highest BCUT2D eigenvalue weighted by Crippen LogP contribution is 2.46. The van der Waals surface area contributed by atoms with E-state index < -0.39 is 40.1 Å². The van der Waals surface area contributed by atoms with Crippen LogP contribution in [0, 0.1) is 27.7 Å². The van der Waals surface area contributed by atoms with Gasteiger partial charge in [0.2, 0.25) is 5.91 Å². The van der Waals surface area contributed by atoms with Crippen molar-refractivity contribution in [1.29, 1.82) is 0 Å². The van der Waals surface area contributed by atoms with Gasteiger partial charge in [-0.3, -0.25) is 31.6 Å². The van der Waals surface area contributed by atoms with Gasteiger partial charge in [0.05, 0.1) is 79.7 Å². The number of hydrogen-bond acceptors (Lipinski definition) is 18. The molecule has 1 amide bonds. The first kappa shape index (κ1) is 90.9. The minimum absolute atomic E-state index is 0.131. The van der Waals surface area contributed by atoms with Gasteiger partial charge in [0.25, 0.3) is 40.1 Å². The van der Waals surface area contributed by atoms with Crippen molar-refractivity contribution in [3.05, 3.63) is 237 Å². The Morgan fingerprint density at radius 3 is 1.03 bits per heavy atom. The maximum absolute atomic E-state index is 13.3. The summed E-state index contributed by atoms with van der Waals surface area (Å²) in [6.45, 7) is 15.9. The average molecular weight is 1670 g/mol. The second-order valence-corrected chi connectivity index (χ2v) is 37.4. The van der Waals surface area contributed by atoms with Gasteiger partial charge in [-0.25, -0.2) is 33.7 Å². The molecule has 23 nitrogen and oxygen atoms in total. The van der Waals surface area contributed by atoms with Crippen molar-refractivity contribution >= 4 is 80.7 Å². The average Bonchev–Trinajstić information content (AvgIpc) is 1.64. The first-order valence-corrected chi connectivity index (χ1v) is 46.0. The number of sulfonamides is 4. The van der Waals surface area contributed by atoms with E-state index in [-0.39, 0.29) is 42.0 Å². The normalized spacial score (nSPS) is 17.3. The Balaban J connectivity index is 0.000000177. The summed E-state index contributed by atoms with van der Waals surface area (Å²) in [5.41, 5.74) is 18.8. The number of carbonyl (C=O) groups is 3. The molecule has 0 spiro atoms. The molecule has 0 bridgehead atoms. The van der Waals surface area contributed by atoms with Gasteiger partial charge in [-0.1, -0.05) is 172 Å². The van der Waals surface area contributed by atoms with E-state index in [1.807, 2.05) is 175 Å². The Morgan fingerprint density at radius 2 is 0.664 bits per heavy atom. The molecule has 4 atom stereocenters. The number of methoxy groups -OCH3 is 1. The number of rotatable bonds is 31. The molecule has 4 aliphatic heterocycles. The summed E-state index contributed by atoms with van der Waals surface area (Å²) < 4.78 is 127. The lowest BCUT2D eigenvalue weighted by atomic mass is 9.95. The van der Waals surface area contributed by atoms with Crippen LogP contribution in [0.2, 0.25) is 0 Å². The summed E-state index contributed by atoms with van der Waals surface area (Å²) in [5.74, 6) is -0.517. The van der Waals surface area contributed by atoms with E-state index in [2.05, 4.69) is 21.3 Å². The fourth-order valence-corrected chi connectivity index (χ4v) is 21.5. The SMILES string of the molecule is CCOC(=O)CCCCCCNC1c2ccccc2N(C)S(=O)(=O)c2cc(C)ccc21.CCOC(=O)CCCCCCNC1c2ccccc2S(=O)(=O)N(C)c2c(C)cccc21.COCCCNC1c2ccccc2S(=O)(=O)N(C)c2c(C)cccc21.Cc1ccc2c(c1)S(=O)(=O)N(C)c1ccccc1C2NCCCCCCC(N)=O. The van der Waals surface area contributed by atoms with Gasteiger partial charge in [-0.2, -0.15) is 0 Å². The Morgan fingerprint density at radius 1 is 0.353 bits per heavy atom. The molecule has 626 valence electrons. The van der Waals surface area contributed by atoms with Crippen LogP contribution in [0.15, 0.2) is 189 Å². The monoisotopic (exact) mass is 1660 g/mol. The van der Waals surface area contributed by atoms with E-state index in [4.69, 9.17) is 19.9 Å². The van der Waals surface area contributed by atoms with Crippen molar-refractivity contribution < 1.29 is 62.3 Å². The summed E-state index contributed by atoms with van der Waals surface area (Å²) >= 11 is 0. The number of ether oxygens (including phenoxy) is 3.